The summed E-state index contributed by atoms with van der Waals surface area (Å²) >= 11 is 1.25. The monoisotopic (exact) mass is 492 g/mol. The molecule has 1 unspecified atom stereocenters. The molecule has 35 heavy (non-hydrogen) atoms. The second-order valence-corrected chi connectivity index (χ2v) is 9.44. The Morgan fingerprint density at radius 1 is 0.971 bits per heavy atom. The van der Waals surface area contributed by atoms with Crippen molar-refractivity contribution in [2.24, 2.45) is 0 Å². The van der Waals surface area contributed by atoms with Crippen LogP contribution in [-0.4, -0.2) is 35.7 Å². The highest BCUT2D eigenvalue weighted by Gasteiger charge is 2.31. The van der Waals surface area contributed by atoms with Gasteiger partial charge in [0.15, 0.2) is 6.04 Å². The molecule has 182 valence electrons. The highest BCUT2D eigenvalue weighted by Crippen LogP contribution is 2.44. The molecular weight excluding hydrogens is 464 g/mol. The van der Waals surface area contributed by atoms with E-state index in [1.165, 1.54) is 11.3 Å². The standard InChI is InChI=1S/C27H28N2O5S/c1-2-3-13-22(25(30)29-24(26(31)32)23-14-8-15-35-23)28-27(33)34-16-21-19-11-6-4-9-17(19)18-10-5-7-12-20(18)21/h4-12,14-15,21-22,24H,2-3,13,16H2,1H3,(H,28,33)(H,29,30)(H,31,32)/t22-,24?/m0/s1. The maximum Gasteiger partial charge on any atom is 0.407 e. The smallest absolute Gasteiger partial charge is 0.407 e. The Morgan fingerprint density at radius 2 is 1.63 bits per heavy atom. The minimum absolute atomic E-state index is 0.0914. The Labute approximate surface area is 208 Å². The number of alkyl carbamates (subject to hydrolysis) is 1. The number of aliphatic carboxylic acids is 1. The van der Waals surface area contributed by atoms with Crippen LogP contribution in [0.25, 0.3) is 11.1 Å². The molecule has 0 radical (unpaired) electrons. The Kier molecular flexibility index (Phi) is 7.82. The van der Waals surface area contributed by atoms with Crippen LogP contribution >= 0.6 is 11.3 Å². The molecule has 0 saturated carbocycles. The van der Waals surface area contributed by atoms with E-state index >= 15 is 0 Å². The van der Waals surface area contributed by atoms with Gasteiger partial charge in [0.1, 0.15) is 12.6 Å². The molecule has 1 aliphatic carbocycles. The van der Waals surface area contributed by atoms with Gasteiger partial charge in [0.05, 0.1) is 0 Å². The zero-order valence-electron chi connectivity index (χ0n) is 19.4. The number of thiophene rings is 1. The van der Waals surface area contributed by atoms with Crippen LogP contribution in [0, 0.1) is 0 Å². The lowest BCUT2D eigenvalue weighted by Gasteiger charge is -2.21. The van der Waals surface area contributed by atoms with Crippen LogP contribution in [0.4, 0.5) is 4.79 Å². The summed E-state index contributed by atoms with van der Waals surface area (Å²) in [6, 6.07) is 17.4. The molecule has 2 aromatic carbocycles. The maximum atomic E-state index is 12.9. The molecule has 8 heteroatoms. The average molecular weight is 493 g/mol. The number of unbranched alkanes of at least 4 members (excludes halogenated alkanes) is 1. The molecular formula is C27H28N2O5S. The van der Waals surface area contributed by atoms with Crippen LogP contribution in [0.2, 0.25) is 0 Å². The van der Waals surface area contributed by atoms with Gasteiger partial charge in [-0.05, 0) is 40.1 Å². The van der Waals surface area contributed by atoms with Gasteiger partial charge in [-0.25, -0.2) is 9.59 Å². The van der Waals surface area contributed by atoms with Gasteiger partial charge < -0.3 is 20.5 Å². The van der Waals surface area contributed by atoms with Crippen LogP contribution in [-0.2, 0) is 14.3 Å². The van der Waals surface area contributed by atoms with E-state index in [0.717, 1.165) is 28.7 Å². The van der Waals surface area contributed by atoms with Crippen LogP contribution in [0.15, 0.2) is 66.0 Å². The molecule has 0 fully saturated rings. The first-order chi connectivity index (χ1) is 17.0. The molecule has 0 bridgehead atoms. The zero-order valence-corrected chi connectivity index (χ0v) is 20.2. The normalized spacial score (nSPS) is 13.9. The third-order valence-corrected chi connectivity index (χ3v) is 7.10. The lowest BCUT2D eigenvalue weighted by Crippen LogP contribution is -2.49. The quantitative estimate of drug-likeness (QED) is 0.366. The fraction of sp³-hybridized carbons (Fsp3) is 0.296. The summed E-state index contributed by atoms with van der Waals surface area (Å²) in [7, 11) is 0. The summed E-state index contributed by atoms with van der Waals surface area (Å²) < 4.78 is 5.58. The van der Waals surface area contributed by atoms with E-state index in [0.29, 0.717) is 17.7 Å². The molecule has 0 spiro atoms. The van der Waals surface area contributed by atoms with E-state index in [4.69, 9.17) is 4.74 Å². The SMILES string of the molecule is CCCC[C@H](NC(=O)OCC1c2ccccc2-c2ccccc21)C(=O)NC(C(=O)O)c1cccs1. The van der Waals surface area contributed by atoms with Crippen molar-refractivity contribution in [1.29, 1.82) is 0 Å². The van der Waals surface area contributed by atoms with Crippen molar-refractivity contribution < 1.29 is 24.2 Å². The second-order valence-electron chi connectivity index (χ2n) is 8.46. The van der Waals surface area contributed by atoms with Crippen molar-refractivity contribution in [1.82, 2.24) is 10.6 Å². The summed E-state index contributed by atoms with van der Waals surface area (Å²) in [5, 5.41) is 16.5. The van der Waals surface area contributed by atoms with Gasteiger partial charge >= 0.3 is 12.1 Å². The average Bonchev–Trinajstić information content (AvgIpc) is 3.50. The highest BCUT2D eigenvalue weighted by molar-refractivity contribution is 7.10. The first kappa shape index (κ1) is 24.5. The summed E-state index contributed by atoms with van der Waals surface area (Å²) in [5.74, 6) is -1.80. The van der Waals surface area contributed by atoms with E-state index in [2.05, 4.69) is 22.8 Å². The Hall–Kier alpha value is -3.65. The fourth-order valence-corrected chi connectivity index (χ4v) is 5.18. The molecule has 1 aliphatic rings. The van der Waals surface area contributed by atoms with Gasteiger partial charge in [-0.15, -0.1) is 11.3 Å². The van der Waals surface area contributed by atoms with Crippen LogP contribution in [0.5, 0.6) is 0 Å². The van der Waals surface area contributed by atoms with Crippen molar-refractivity contribution in [2.45, 2.75) is 44.2 Å². The van der Waals surface area contributed by atoms with Crippen molar-refractivity contribution in [3.63, 3.8) is 0 Å². The third kappa shape index (κ3) is 5.54. The van der Waals surface area contributed by atoms with E-state index in [1.54, 1.807) is 17.5 Å². The number of benzene rings is 2. The summed E-state index contributed by atoms with van der Waals surface area (Å²) in [6.07, 6.45) is 1.19. The Balaban J connectivity index is 1.42. The molecule has 3 N–H and O–H groups in total. The molecule has 0 saturated heterocycles. The largest absolute Gasteiger partial charge is 0.479 e. The van der Waals surface area contributed by atoms with Crippen molar-refractivity contribution in [2.75, 3.05) is 6.61 Å². The number of nitrogens with one attached hydrogen (secondary N) is 2. The van der Waals surface area contributed by atoms with Gasteiger partial charge in [0.25, 0.3) is 0 Å². The molecule has 1 heterocycles. The molecule has 4 rings (SSSR count). The number of carboxylic acid groups (broad SMARTS) is 1. The van der Waals surface area contributed by atoms with Crippen molar-refractivity contribution in [3.05, 3.63) is 82.0 Å². The summed E-state index contributed by atoms with van der Waals surface area (Å²) in [5.41, 5.74) is 4.46. The van der Waals surface area contributed by atoms with E-state index in [-0.39, 0.29) is 12.5 Å². The van der Waals surface area contributed by atoms with Crippen LogP contribution < -0.4 is 10.6 Å². The fourth-order valence-electron chi connectivity index (χ4n) is 4.41. The van der Waals surface area contributed by atoms with Gasteiger partial charge in [0, 0.05) is 10.8 Å². The molecule has 2 atom stereocenters. The highest BCUT2D eigenvalue weighted by atomic mass is 32.1. The minimum Gasteiger partial charge on any atom is -0.479 e. The summed E-state index contributed by atoms with van der Waals surface area (Å²) in [6.45, 7) is 2.11. The second kappa shape index (κ2) is 11.2. The van der Waals surface area contributed by atoms with Gasteiger partial charge in [0.2, 0.25) is 5.91 Å². The van der Waals surface area contributed by atoms with Gasteiger partial charge in [-0.1, -0.05) is 74.4 Å². The number of carbonyl (C=O) groups excluding carboxylic acids is 2. The first-order valence-electron chi connectivity index (χ1n) is 11.7. The number of carbonyl (C=O) groups is 3. The zero-order chi connectivity index (χ0) is 24.8. The number of rotatable bonds is 10. The molecule has 1 aromatic heterocycles. The number of hydrogen-bond acceptors (Lipinski definition) is 5. The number of amides is 2. The maximum absolute atomic E-state index is 12.9. The Morgan fingerprint density at radius 3 is 2.20 bits per heavy atom. The Bertz CT molecular complexity index is 1150. The molecule has 0 aliphatic heterocycles. The van der Waals surface area contributed by atoms with Gasteiger partial charge in [-0.3, -0.25) is 4.79 Å². The molecule has 2 amide bonds. The third-order valence-electron chi connectivity index (χ3n) is 6.16. The van der Waals surface area contributed by atoms with Crippen molar-refractivity contribution >= 4 is 29.3 Å². The van der Waals surface area contributed by atoms with E-state index in [9.17, 15) is 19.5 Å². The molecule has 3 aromatic rings. The predicted octanol–water partition coefficient (Wildman–Crippen LogP) is 5.09. The minimum atomic E-state index is -1.17. The lowest BCUT2D eigenvalue weighted by molar-refractivity contribution is -0.142. The predicted molar refractivity (Wildman–Crippen MR) is 134 cm³/mol. The van der Waals surface area contributed by atoms with Crippen LogP contribution in [0.1, 0.15) is 54.1 Å². The summed E-state index contributed by atoms with van der Waals surface area (Å²) in [4.78, 5) is 37.9. The van der Waals surface area contributed by atoms with E-state index in [1.807, 2.05) is 43.3 Å². The van der Waals surface area contributed by atoms with E-state index < -0.39 is 30.1 Å². The number of carboxylic acids is 1. The van der Waals surface area contributed by atoms with Gasteiger partial charge in [-0.2, -0.15) is 0 Å². The van der Waals surface area contributed by atoms with Crippen LogP contribution in [0.3, 0.4) is 0 Å². The number of ether oxygens (including phenoxy) is 1. The first-order valence-corrected chi connectivity index (χ1v) is 12.6. The number of hydrogen-bond donors (Lipinski definition) is 3. The number of fused-ring (bicyclic) bond motifs is 3. The topological polar surface area (TPSA) is 105 Å². The van der Waals surface area contributed by atoms with Crippen molar-refractivity contribution in [3.8, 4) is 11.1 Å². The lowest BCUT2D eigenvalue weighted by atomic mass is 9.98. The molecule has 7 nitrogen and oxygen atoms in total.